The average Bonchev–Trinajstić information content (AvgIpc) is 2.46. The first-order chi connectivity index (χ1) is 9.28. The molecule has 4 radical (unpaired) electrons. The minimum absolute atomic E-state index is 0.493. The summed E-state index contributed by atoms with van der Waals surface area (Å²) >= 11 is 0. The zero-order valence-electron chi connectivity index (χ0n) is 10.2. The molecular weight excluding hydrogens is 233 g/mol. The Morgan fingerprint density at radius 1 is 1.00 bits per heavy atom. The zero-order valence-corrected chi connectivity index (χ0v) is 10.2. The number of fused-ring (bicyclic) bond motifs is 1. The van der Waals surface area contributed by atoms with Gasteiger partial charge in [0.2, 0.25) is 0 Å². The van der Waals surface area contributed by atoms with E-state index in [0.717, 1.165) is 22.0 Å². The van der Waals surface area contributed by atoms with E-state index in [1.807, 2.05) is 48.5 Å². The number of benzene rings is 2. The molecule has 0 amide bonds. The molecular formula is C16H10BNO. The van der Waals surface area contributed by atoms with Crippen molar-refractivity contribution in [3.8, 4) is 17.0 Å². The zero-order chi connectivity index (χ0) is 13.2. The summed E-state index contributed by atoms with van der Waals surface area (Å²) < 4.78 is 4.76. The van der Waals surface area contributed by atoms with Crippen LogP contribution in [0.3, 0.4) is 0 Å². The van der Waals surface area contributed by atoms with Crippen molar-refractivity contribution in [1.29, 1.82) is 0 Å². The second kappa shape index (κ2) is 4.77. The summed E-state index contributed by atoms with van der Waals surface area (Å²) in [4.78, 5) is 4.43. The lowest BCUT2D eigenvalue weighted by Gasteiger charge is -2.09. The molecule has 0 aliphatic carbocycles. The van der Waals surface area contributed by atoms with E-state index < -0.39 is 0 Å². The third-order valence-electron chi connectivity index (χ3n) is 3.00. The molecule has 0 spiro atoms. The van der Waals surface area contributed by atoms with Gasteiger partial charge in [-0.1, -0.05) is 36.4 Å². The van der Waals surface area contributed by atoms with Crippen LogP contribution < -0.4 is 4.65 Å². The molecule has 0 bridgehead atoms. The molecule has 88 valence electrons. The minimum atomic E-state index is 0.493. The molecule has 3 heteroatoms. The van der Waals surface area contributed by atoms with Gasteiger partial charge < -0.3 is 4.65 Å². The summed E-state index contributed by atoms with van der Waals surface area (Å²) in [5.41, 5.74) is 2.24. The van der Waals surface area contributed by atoms with Gasteiger partial charge in [0.05, 0.1) is 11.4 Å². The molecule has 2 aromatic carbocycles. The van der Waals surface area contributed by atoms with E-state index in [-0.39, 0.29) is 0 Å². The topological polar surface area (TPSA) is 22.1 Å². The number of hydrogen-bond donors (Lipinski definition) is 0. The number of pyridine rings is 1. The fourth-order valence-corrected chi connectivity index (χ4v) is 2.16. The number of nitrogens with zero attached hydrogens (tertiary/aromatic N) is 1. The molecule has 0 atom stereocenters. The molecule has 3 rings (SSSR count). The largest absolute Gasteiger partial charge is 0.568 e. The lowest BCUT2D eigenvalue weighted by atomic mass is 10.0. The lowest BCUT2D eigenvalue weighted by Crippen LogP contribution is -1.91. The Bertz CT molecular complexity index is 740. The fraction of sp³-hybridized carbons (Fsp3) is 0. The van der Waals surface area contributed by atoms with Crippen LogP contribution in [0.4, 0.5) is 0 Å². The van der Waals surface area contributed by atoms with Gasteiger partial charge in [-0.25, -0.2) is 0 Å². The van der Waals surface area contributed by atoms with Crippen molar-refractivity contribution in [3.05, 3.63) is 67.2 Å². The van der Waals surface area contributed by atoms with Crippen molar-refractivity contribution in [3.63, 3.8) is 0 Å². The van der Waals surface area contributed by atoms with E-state index in [2.05, 4.69) is 4.98 Å². The molecule has 3 aromatic rings. The maximum Gasteiger partial charge on any atom is 0.374 e. The van der Waals surface area contributed by atoms with Gasteiger partial charge in [-0.3, -0.25) is 4.98 Å². The van der Waals surface area contributed by atoms with Gasteiger partial charge in [0, 0.05) is 23.6 Å². The SMILES string of the molecule is [B]Oc1cccc(-c2nc([CH])cc3ccccc23)c1. The molecule has 0 fully saturated rings. The molecule has 1 aromatic heterocycles. The maximum atomic E-state index is 5.87. The standard InChI is InChI=1S/C16H10BNO/c1-11-9-12-5-2-3-8-15(12)16(18-11)13-6-4-7-14(10-13)19-17/h1-10H. The first kappa shape index (κ1) is 11.8. The van der Waals surface area contributed by atoms with Gasteiger partial charge in [0.15, 0.2) is 0 Å². The van der Waals surface area contributed by atoms with Gasteiger partial charge in [0.25, 0.3) is 0 Å². The summed E-state index contributed by atoms with van der Waals surface area (Å²) in [6, 6.07) is 17.3. The highest BCUT2D eigenvalue weighted by molar-refractivity contribution is 6.00. The smallest absolute Gasteiger partial charge is 0.374 e. The van der Waals surface area contributed by atoms with Gasteiger partial charge in [0.1, 0.15) is 0 Å². The lowest BCUT2D eigenvalue weighted by molar-refractivity contribution is 0.616. The third-order valence-corrected chi connectivity index (χ3v) is 3.00. The van der Waals surface area contributed by atoms with E-state index >= 15 is 0 Å². The molecule has 1 heterocycles. The van der Waals surface area contributed by atoms with Crippen LogP contribution in [0, 0.1) is 6.92 Å². The normalized spacial score (nSPS) is 10.6. The van der Waals surface area contributed by atoms with Crippen LogP contribution in [0.5, 0.6) is 5.75 Å². The maximum absolute atomic E-state index is 5.87. The molecule has 0 saturated carbocycles. The van der Waals surface area contributed by atoms with Crippen LogP contribution >= 0.6 is 0 Å². The molecule has 2 nitrogen and oxygen atoms in total. The summed E-state index contributed by atoms with van der Waals surface area (Å²) in [6.07, 6.45) is 0. The Kier molecular flexibility index (Phi) is 2.96. The van der Waals surface area contributed by atoms with Gasteiger partial charge in [-0.2, -0.15) is 0 Å². The molecule has 0 saturated heterocycles. The summed E-state index contributed by atoms with van der Waals surface area (Å²) in [7, 11) is 5.19. The Labute approximate surface area is 113 Å². The van der Waals surface area contributed by atoms with Crippen LogP contribution in [-0.4, -0.2) is 13.0 Å². The van der Waals surface area contributed by atoms with Crippen LogP contribution in [0.2, 0.25) is 0 Å². The number of rotatable bonds is 2. The summed E-state index contributed by atoms with van der Waals surface area (Å²) in [6.45, 7) is 5.87. The van der Waals surface area contributed by atoms with Crippen molar-refractivity contribution in [2.24, 2.45) is 0 Å². The highest BCUT2D eigenvalue weighted by atomic mass is 16.4. The monoisotopic (exact) mass is 243 g/mol. The van der Waals surface area contributed by atoms with Crippen molar-refractivity contribution in [2.45, 2.75) is 0 Å². The number of hydrogen-bond acceptors (Lipinski definition) is 2. The Balaban J connectivity index is 2.29. The fourth-order valence-electron chi connectivity index (χ4n) is 2.16. The highest BCUT2D eigenvalue weighted by Crippen LogP contribution is 2.29. The summed E-state index contributed by atoms with van der Waals surface area (Å²) in [5, 5.41) is 2.11. The first-order valence-electron chi connectivity index (χ1n) is 5.90. The second-order valence-electron chi connectivity index (χ2n) is 4.26. The first-order valence-corrected chi connectivity index (χ1v) is 5.90. The molecule has 19 heavy (non-hydrogen) atoms. The molecule has 0 aliphatic rings. The number of aromatic nitrogens is 1. The Morgan fingerprint density at radius 3 is 2.68 bits per heavy atom. The minimum Gasteiger partial charge on any atom is -0.568 e. The van der Waals surface area contributed by atoms with E-state index in [0.29, 0.717) is 11.4 Å². The van der Waals surface area contributed by atoms with Crippen LogP contribution in [-0.2, 0) is 0 Å². The predicted octanol–water partition coefficient (Wildman–Crippen LogP) is 3.42. The predicted molar refractivity (Wildman–Crippen MR) is 77.0 cm³/mol. The molecule has 0 aliphatic heterocycles. The van der Waals surface area contributed by atoms with Crippen LogP contribution in [0.25, 0.3) is 22.0 Å². The van der Waals surface area contributed by atoms with Gasteiger partial charge in [-0.15, -0.1) is 0 Å². The van der Waals surface area contributed by atoms with E-state index in [9.17, 15) is 0 Å². The van der Waals surface area contributed by atoms with Gasteiger partial charge >= 0.3 is 8.05 Å². The van der Waals surface area contributed by atoms with E-state index in [1.165, 1.54) is 0 Å². The van der Waals surface area contributed by atoms with Crippen LogP contribution in [0.15, 0.2) is 54.6 Å². The summed E-state index contributed by atoms with van der Waals surface area (Å²) in [5.74, 6) is 0.589. The van der Waals surface area contributed by atoms with Gasteiger partial charge in [-0.05, 0) is 23.6 Å². The van der Waals surface area contributed by atoms with Crippen molar-refractivity contribution >= 4 is 18.8 Å². The average molecular weight is 243 g/mol. The quantitative estimate of drug-likeness (QED) is 0.643. The van der Waals surface area contributed by atoms with E-state index in [1.54, 1.807) is 6.07 Å². The van der Waals surface area contributed by atoms with Crippen LogP contribution in [0.1, 0.15) is 5.69 Å². The Morgan fingerprint density at radius 2 is 1.84 bits per heavy atom. The van der Waals surface area contributed by atoms with Crippen molar-refractivity contribution in [2.75, 3.05) is 0 Å². The third kappa shape index (κ3) is 2.19. The molecule has 0 unspecified atom stereocenters. The van der Waals surface area contributed by atoms with Crippen molar-refractivity contribution in [1.82, 2.24) is 4.98 Å². The molecule has 0 N–H and O–H groups in total. The Hall–Kier alpha value is -2.29. The van der Waals surface area contributed by atoms with E-state index in [4.69, 9.17) is 19.6 Å². The van der Waals surface area contributed by atoms with Crippen molar-refractivity contribution < 1.29 is 4.65 Å². The highest BCUT2D eigenvalue weighted by Gasteiger charge is 2.07. The second-order valence-corrected chi connectivity index (χ2v) is 4.26.